The largest absolute Gasteiger partial charge is 0.478 e. The highest BCUT2D eigenvalue weighted by Crippen LogP contribution is 2.15. The number of rotatable bonds is 4. The topological polar surface area (TPSA) is 63.6 Å². The quantitative estimate of drug-likeness (QED) is 0.702. The van der Waals surface area contributed by atoms with E-state index in [1.807, 2.05) is 0 Å². The summed E-state index contributed by atoms with van der Waals surface area (Å²) in [4.78, 5) is 21.7. The summed E-state index contributed by atoms with van der Waals surface area (Å²) in [5, 5.41) is 8.47. The van der Waals surface area contributed by atoms with Crippen LogP contribution in [0.15, 0.2) is 36.0 Å². The molecular formula is C11H12O4. The van der Waals surface area contributed by atoms with E-state index in [0.29, 0.717) is 12.2 Å². The number of allylic oxidation sites excluding steroid dienone is 2. The maximum absolute atomic E-state index is 11.4. The molecule has 1 N–H and O–H groups in total. The number of carbonyl (C=O) groups is 2. The molecule has 1 rings (SSSR count). The molecule has 0 aromatic heterocycles. The maximum atomic E-state index is 11.4. The van der Waals surface area contributed by atoms with Gasteiger partial charge in [0.1, 0.15) is 6.10 Å². The van der Waals surface area contributed by atoms with Crippen molar-refractivity contribution < 1.29 is 19.4 Å². The summed E-state index contributed by atoms with van der Waals surface area (Å²) in [5.41, 5.74) is 0.562. The molecule has 80 valence electrons. The SMILES string of the molecule is CCOC1C(=O)C=CC=C1C=CC(=O)O. The smallest absolute Gasteiger partial charge is 0.328 e. The van der Waals surface area contributed by atoms with Crippen molar-refractivity contribution in [1.82, 2.24) is 0 Å². The molecule has 1 aliphatic carbocycles. The molecule has 0 aromatic rings. The van der Waals surface area contributed by atoms with Crippen molar-refractivity contribution >= 4 is 11.8 Å². The van der Waals surface area contributed by atoms with Gasteiger partial charge in [0, 0.05) is 12.7 Å². The van der Waals surface area contributed by atoms with Gasteiger partial charge in [-0.25, -0.2) is 4.79 Å². The van der Waals surface area contributed by atoms with Crippen molar-refractivity contribution in [3.05, 3.63) is 36.0 Å². The Labute approximate surface area is 87.5 Å². The van der Waals surface area contributed by atoms with Crippen LogP contribution in [0.5, 0.6) is 0 Å². The molecule has 0 spiro atoms. The predicted molar refractivity (Wildman–Crippen MR) is 54.4 cm³/mol. The van der Waals surface area contributed by atoms with E-state index in [9.17, 15) is 9.59 Å². The zero-order valence-corrected chi connectivity index (χ0v) is 8.34. The molecule has 4 heteroatoms. The molecule has 0 saturated heterocycles. The molecule has 15 heavy (non-hydrogen) atoms. The standard InChI is InChI=1S/C11H12O4/c1-2-15-11-8(6-7-10(13)14)4-3-5-9(11)12/h3-7,11H,2H2,1H3,(H,13,14). The molecule has 0 aromatic carbocycles. The first-order valence-corrected chi connectivity index (χ1v) is 4.60. The molecule has 0 bridgehead atoms. The molecule has 0 fully saturated rings. The van der Waals surface area contributed by atoms with Gasteiger partial charge in [0.25, 0.3) is 0 Å². The Balaban J connectivity index is 2.83. The first kappa shape index (κ1) is 11.4. The van der Waals surface area contributed by atoms with Crippen LogP contribution in [0.3, 0.4) is 0 Å². The van der Waals surface area contributed by atoms with Gasteiger partial charge in [-0.15, -0.1) is 0 Å². The molecule has 0 radical (unpaired) electrons. The molecule has 1 unspecified atom stereocenters. The monoisotopic (exact) mass is 208 g/mol. The van der Waals surface area contributed by atoms with E-state index in [2.05, 4.69) is 0 Å². The van der Waals surface area contributed by atoms with Gasteiger partial charge < -0.3 is 9.84 Å². The molecule has 0 heterocycles. The highest BCUT2D eigenvalue weighted by molar-refractivity contribution is 5.98. The zero-order chi connectivity index (χ0) is 11.3. The average molecular weight is 208 g/mol. The van der Waals surface area contributed by atoms with Gasteiger partial charge in [-0.1, -0.05) is 12.2 Å². The fraction of sp³-hybridized carbons (Fsp3) is 0.273. The van der Waals surface area contributed by atoms with Gasteiger partial charge in [-0.3, -0.25) is 4.79 Å². The zero-order valence-electron chi connectivity index (χ0n) is 8.34. The van der Waals surface area contributed by atoms with Crippen LogP contribution in [0.1, 0.15) is 6.92 Å². The van der Waals surface area contributed by atoms with Gasteiger partial charge in [-0.05, 0) is 24.6 Å². The van der Waals surface area contributed by atoms with Crippen LogP contribution in [-0.4, -0.2) is 29.6 Å². The van der Waals surface area contributed by atoms with E-state index in [-0.39, 0.29) is 5.78 Å². The number of ether oxygens (including phenoxy) is 1. The first-order chi connectivity index (χ1) is 7.15. The van der Waals surface area contributed by atoms with Gasteiger partial charge in [-0.2, -0.15) is 0 Å². The molecule has 1 atom stereocenters. The van der Waals surface area contributed by atoms with Crippen LogP contribution in [0.25, 0.3) is 0 Å². The van der Waals surface area contributed by atoms with E-state index < -0.39 is 12.1 Å². The van der Waals surface area contributed by atoms with E-state index >= 15 is 0 Å². The van der Waals surface area contributed by atoms with Crippen molar-refractivity contribution in [3.8, 4) is 0 Å². The normalized spacial score (nSPS) is 20.7. The highest BCUT2D eigenvalue weighted by atomic mass is 16.5. The summed E-state index contributed by atoms with van der Waals surface area (Å²) >= 11 is 0. The third-order valence-electron chi connectivity index (χ3n) is 1.86. The lowest BCUT2D eigenvalue weighted by Gasteiger charge is -2.17. The number of ketones is 1. The van der Waals surface area contributed by atoms with E-state index in [4.69, 9.17) is 9.84 Å². The summed E-state index contributed by atoms with van der Waals surface area (Å²) in [5.74, 6) is -1.21. The van der Waals surface area contributed by atoms with Crippen LogP contribution in [0.4, 0.5) is 0 Å². The average Bonchev–Trinajstić information content (AvgIpc) is 2.19. The molecule has 4 nitrogen and oxygen atoms in total. The van der Waals surface area contributed by atoms with Crippen LogP contribution < -0.4 is 0 Å². The lowest BCUT2D eigenvalue weighted by Crippen LogP contribution is -2.26. The summed E-state index contributed by atoms with van der Waals surface area (Å²) in [7, 11) is 0. The lowest BCUT2D eigenvalue weighted by molar-refractivity contribution is -0.131. The lowest BCUT2D eigenvalue weighted by atomic mass is 10.00. The Bertz CT molecular complexity index is 350. The number of hydrogen-bond acceptors (Lipinski definition) is 3. The maximum Gasteiger partial charge on any atom is 0.328 e. The Morgan fingerprint density at radius 1 is 1.67 bits per heavy atom. The van der Waals surface area contributed by atoms with Crippen LogP contribution in [-0.2, 0) is 14.3 Å². The van der Waals surface area contributed by atoms with Gasteiger partial charge in [0.15, 0.2) is 5.78 Å². The van der Waals surface area contributed by atoms with Gasteiger partial charge >= 0.3 is 5.97 Å². The third kappa shape index (κ3) is 3.18. The second kappa shape index (κ2) is 5.26. The fourth-order valence-corrected chi connectivity index (χ4v) is 1.25. The molecule has 0 aliphatic heterocycles. The summed E-state index contributed by atoms with van der Waals surface area (Å²) in [6.07, 6.45) is 6.36. The number of carboxylic acids is 1. The number of carbonyl (C=O) groups excluding carboxylic acids is 1. The van der Waals surface area contributed by atoms with Crippen molar-refractivity contribution in [2.45, 2.75) is 13.0 Å². The minimum absolute atomic E-state index is 0.163. The Kier molecular flexibility index (Phi) is 4.00. The van der Waals surface area contributed by atoms with Crippen LogP contribution in [0.2, 0.25) is 0 Å². The third-order valence-corrected chi connectivity index (χ3v) is 1.86. The van der Waals surface area contributed by atoms with Crippen molar-refractivity contribution in [2.75, 3.05) is 6.61 Å². The highest BCUT2D eigenvalue weighted by Gasteiger charge is 2.21. The summed E-state index contributed by atoms with van der Waals surface area (Å²) in [6, 6.07) is 0. The predicted octanol–water partition coefficient (Wildman–Crippen LogP) is 1.10. The van der Waals surface area contributed by atoms with Crippen molar-refractivity contribution in [1.29, 1.82) is 0 Å². The Morgan fingerprint density at radius 2 is 2.40 bits per heavy atom. The number of hydrogen-bond donors (Lipinski definition) is 1. The minimum atomic E-state index is -1.05. The van der Waals surface area contributed by atoms with Crippen molar-refractivity contribution in [3.63, 3.8) is 0 Å². The Hall–Kier alpha value is -1.68. The molecule has 0 amide bonds. The second-order valence-electron chi connectivity index (χ2n) is 2.94. The summed E-state index contributed by atoms with van der Waals surface area (Å²) < 4.78 is 5.23. The first-order valence-electron chi connectivity index (χ1n) is 4.60. The minimum Gasteiger partial charge on any atom is -0.478 e. The van der Waals surface area contributed by atoms with Crippen LogP contribution >= 0.6 is 0 Å². The number of aliphatic carboxylic acids is 1. The molecule has 1 aliphatic rings. The van der Waals surface area contributed by atoms with E-state index in [1.54, 1.807) is 19.1 Å². The second-order valence-corrected chi connectivity index (χ2v) is 2.94. The van der Waals surface area contributed by atoms with Crippen molar-refractivity contribution in [2.24, 2.45) is 0 Å². The fourth-order valence-electron chi connectivity index (χ4n) is 1.25. The van der Waals surface area contributed by atoms with E-state index in [0.717, 1.165) is 6.08 Å². The Morgan fingerprint density at radius 3 is 3.00 bits per heavy atom. The molecule has 0 saturated carbocycles. The van der Waals surface area contributed by atoms with E-state index in [1.165, 1.54) is 12.2 Å². The number of carboxylic acid groups (broad SMARTS) is 1. The van der Waals surface area contributed by atoms with Gasteiger partial charge in [0.05, 0.1) is 0 Å². The molecular weight excluding hydrogens is 196 g/mol. The summed E-state index contributed by atoms with van der Waals surface area (Å²) in [6.45, 7) is 2.19. The van der Waals surface area contributed by atoms with Gasteiger partial charge in [0.2, 0.25) is 0 Å². The van der Waals surface area contributed by atoms with Crippen LogP contribution in [0, 0.1) is 0 Å².